The minimum absolute atomic E-state index is 0.265. The Morgan fingerprint density at radius 1 is 1.05 bits per heavy atom. The summed E-state index contributed by atoms with van der Waals surface area (Å²) in [5.41, 5.74) is 5.70. The van der Waals surface area contributed by atoms with Gasteiger partial charge in [-0.1, -0.05) is 42.5 Å². The number of halogens is 1. The fourth-order valence-corrected chi connectivity index (χ4v) is 2.94. The van der Waals surface area contributed by atoms with Crippen LogP contribution in [-0.4, -0.2) is 11.1 Å². The number of carboxylic acid groups (broad SMARTS) is 1. The van der Waals surface area contributed by atoms with Crippen molar-refractivity contribution in [1.82, 2.24) is 0 Å². The van der Waals surface area contributed by atoms with Gasteiger partial charge in [0, 0.05) is 5.88 Å². The van der Waals surface area contributed by atoms with Crippen molar-refractivity contribution in [3.8, 4) is 11.1 Å². The van der Waals surface area contributed by atoms with Crippen molar-refractivity contribution < 1.29 is 9.90 Å². The van der Waals surface area contributed by atoms with Crippen LogP contribution in [0.4, 0.5) is 0 Å². The molecule has 0 spiro atoms. The van der Waals surface area contributed by atoms with E-state index in [4.69, 9.17) is 16.7 Å². The van der Waals surface area contributed by atoms with Gasteiger partial charge < -0.3 is 5.11 Å². The van der Waals surface area contributed by atoms with Crippen LogP contribution in [0.3, 0.4) is 0 Å². The molecule has 1 aliphatic carbocycles. The number of fused-ring (bicyclic) bond motifs is 1. The van der Waals surface area contributed by atoms with Crippen LogP contribution in [0.25, 0.3) is 11.1 Å². The molecule has 1 unspecified atom stereocenters. The lowest BCUT2D eigenvalue weighted by atomic mass is 10.00. The van der Waals surface area contributed by atoms with E-state index >= 15 is 0 Å². The van der Waals surface area contributed by atoms with Crippen LogP contribution in [0.5, 0.6) is 0 Å². The lowest BCUT2D eigenvalue weighted by molar-refractivity contribution is -0.141. The van der Waals surface area contributed by atoms with E-state index in [1.165, 1.54) is 5.56 Å². The summed E-state index contributed by atoms with van der Waals surface area (Å²) < 4.78 is 0. The van der Waals surface area contributed by atoms with Crippen molar-refractivity contribution in [2.45, 2.75) is 18.7 Å². The fourth-order valence-electron chi connectivity index (χ4n) is 2.76. The van der Waals surface area contributed by atoms with Crippen molar-refractivity contribution in [3.05, 3.63) is 59.2 Å². The lowest BCUT2D eigenvalue weighted by Crippen LogP contribution is -2.12. The Bertz CT molecular complexity index is 647. The van der Waals surface area contributed by atoms with Crippen molar-refractivity contribution >= 4 is 17.6 Å². The van der Waals surface area contributed by atoms with Crippen LogP contribution >= 0.6 is 11.6 Å². The molecule has 1 N–H and O–H groups in total. The third-order valence-corrected chi connectivity index (χ3v) is 4.24. The first kappa shape index (κ1) is 13.2. The van der Waals surface area contributed by atoms with Crippen LogP contribution in [-0.2, 0) is 23.5 Å². The number of carbonyl (C=O) groups is 1. The Balaban J connectivity index is 1.90. The summed E-state index contributed by atoms with van der Waals surface area (Å²) in [6.45, 7) is 0. The molecule has 1 atom stereocenters. The number of carboxylic acids is 1. The number of hydrogen-bond acceptors (Lipinski definition) is 1. The maximum Gasteiger partial charge on any atom is 0.307 e. The van der Waals surface area contributed by atoms with Gasteiger partial charge in [0.25, 0.3) is 0 Å². The van der Waals surface area contributed by atoms with Gasteiger partial charge in [-0.3, -0.25) is 4.79 Å². The Hall–Kier alpha value is -1.80. The zero-order chi connectivity index (χ0) is 14.1. The Morgan fingerprint density at radius 2 is 1.70 bits per heavy atom. The Kier molecular flexibility index (Phi) is 3.49. The van der Waals surface area contributed by atoms with E-state index in [2.05, 4.69) is 30.3 Å². The summed E-state index contributed by atoms with van der Waals surface area (Å²) in [6.07, 6.45) is 1.29. The summed E-state index contributed by atoms with van der Waals surface area (Å²) in [5.74, 6) is -0.446. The van der Waals surface area contributed by atoms with Gasteiger partial charge in [-0.05, 0) is 40.7 Å². The second-order valence-electron chi connectivity index (χ2n) is 5.26. The number of rotatable bonds is 3. The van der Waals surface area contributed by atoms with E-state index in [-0.39, 0.29) is 5.92 Å². The van der Waals surface area contributed by atoms with Crippen molar-refractivity contribution in [2.24, 2.45) is 5.92 Å². The predicted octanol–water partition coefficient (Wildman–Crippen LogP) is 3.89. The molecule has 0 heterocycles. The molecule has 20 heavy (non-hydrogen) atoms. The minimum atomic E-state index is -0.700. The van der Waals surface area contributed by atoms with Crippen LogP contribution in [0, 0.1) is 5.92 Å². The second-order valence-corrected chi connectivity index (χ2v) is 5.52. The molecule has 0 radical (unpaired) electrons. The van der Waals surface area contributed by atoms with Gasteiger partial charge >= 0.3 is 5.97 Å². The third kappa shape index (κ3) is 2.44. The summed E-state index contributed by atoms with van der Waals surface area (Å²) in [5, 5.41) is 9.12. The predicted molar refractivity (Wildman–Crippen MR) is 80.0 cm³/mol. The zero-order valence-corrected chi connectivity index (χ0v) is 11.7. The molecule has 1 aliphatic rings. The number of hydrogen-bond donors (Lipinski definition) is 1. The molecule has 2 aromatic rings. The highest BCUT2D eigenvalue weighted by Crippen LogP contribution is 2.31. The molecule has 3 heteroatoms. The number of aliphatic carboxylic acids is 1. The van der Waals surface area contributed by atoms with E-state index in [9.17, 15) is 4.79 Å². The Labute approximate surface area is 123 Å². The van der Waals surface area contributed by atoms with Crippen LogP contribution < -0.4 is 0 Å². The second kappa shape index (κ2) is 5.29. The standard InChI is InChI=1S/C17H15ClO2/c18-10-11-1-3-12(4-2-11)13-5-6-14-8-16(17(19)20)9-15(14)7-13/h1-7,16H,8-10H2,(H,19,20). The average molecular weight is 287 g/mol. The molecular formula is C17H15ClO2. The number of alkyl halides is 1. The first-order valence-corrected chi connectivity index (χ1v) is 7.20. The maximum absolute atomic E-state index is 11.1. The molecule has 2 aromatic carbocycles. The average Bonchev–Trinajstić information content (AvgIpc) is 2.90. The molecule has 102 valence electrons. The molecule has 0 aromatic heterocycles. The maximum atomic E-state index is 11.1. The topological polar surface area (TPSA) is 37.3 Å². The largest absolute Gasteiger partial charge is 0.481 e. The molecular weight excluding hydrogens is 272 g/mol. The summed E-state index contributed by atoms with van der Waals surface area (Å²) in [6, 6.07) is 14.4. The molecule has 0 fully saturated rings. The molecule has 0 aliphatic heterocycles. The van der Waals surface area contributed by atoms with E-state index < -0.39 is 5.97 Å². The van der Waals surface area contributed by atoms with E-state index in [1.807, 2.05) is 12.1 Å². The van der Waals surface area contributed by atoms with E-state index in [0.29, 0.717) is 18.7 Å². The van der Waals surface area contributed by atoms with E-state index in [0.717, 1.165) is 22.3 Å². The van der Waals surface area contributed by atoms with Crippen LogP contribution in [0.1, 0.15) is 16.7 Å². The normalized spacial score (nSPS) is 16.9. The SMILES string of the molecule is O=C(O)C1Cc2ccc(-c3ccc(CCl)cc3)cc2C1. The van der Waals surface area contributed by atoms with Gasteiger partial charge in [0.1, 0.15) is 0 Å². The Morgan fingerprint density at radius 3 is 2.35 bits per heavy atom. The summed E-state index contributed by atoms with van der Waals surface area (Å²) in [7, 11) is 0. The van der Waals surface area contributed by atoms with Crippen molar-refractivity contribution in [3.63, 3.8) is 0 Å². The molecule has 2 nitrogen and oxygen atoms in total. The minimum Gasteiger partial charge on any atom is -0.481 e. The third-order valence-electron chi connectivity index (χ3n) is 3.93. The first-order chi connectivity index (χ1) is 9.67. The van der Waals surface area contributed by atoms with E-state index in [1.54, 1.807) is 0 Å². The van der Waals surface area contributed by atoms with Gasteiger partial charge in [-0.25, -0.2) is 0 Å². The molecule has 3 rings (SSSR count). The van der Waals surface area contributed by atoms with Gasteiger partial charge in [0.05, 0.1) is 5.92 Å². The first-order valence-electron chi connectivity index (χ1n) is 6.67. The number of benzene rings is 2. The smallest absolute Gasteiger partial charge is 0.307 e. The molecule has 0 saturated carbocycles. The van der Waals surface area contributed by atoms with Gasteiger partial charge in [0.15, 0.2) is 0 Å². The quantitative estimate of drug-likeness (QED) is 0.869. The fraction of sp³-hybridized carbons (Fsp3) is 0.235. The van der Waals surface area contributed by atoms with Crippen molar-refractivity contribution in [2.75, 3.05) is 0 Å². The van der Waals surface area contributed by atoms with Crippen LogP contribution in [0.15, 0.2) is 42.5 Å². The molecule has 0 amide bonds. The highest BCUT2D eigenvalue weighted by molar-refractivity contribution is 6.17. The van der Waals surface area contributed by atoms with Gasteiger partial charge in [-0.15, -0.1) is 11.6 Å². The highest BCUT2D eigenvalue weighted by Gasteiger charge is 2.27. The molecule has 0 bridgehead atoms. The lowest BCUT2D eigenvalue weighted by Gasteiger charge is -2.06. The van der Waals surface area contributed by atoms with Crippen LogP contribution in [0.2, 0.25) is 0 Å². The van der Waals surface area contributed by atoms with Gasteiger partial charge in [-0.2, -0.15) is 0 Å². The van der Waals surface area contributed by atoms with Gasteiger partial charge in [0.2, 0.25) is 0 Å². The van der Waals surface area contributed by atoms with Crippen molar-refractivity contribution in [1.29, 1.82) is 0 Å². The summed E-state index contributed by atoms with van der Waals surface area (Å²) >= 11 is 5.79. The molecule has 0 saturated heterocycles. The highest BCUT2D eigenvalue weighted by atomic mass is 35.5. The zero-order valence-electron chi connectivity index (χ0n) is 11.0. The summed E-state index contributed by atoms with van der Waals surface area (Å²) in [4.78, 5) is 11.1. The monoisotopic (exact) mass is 286 g/mol.